The van der Waals surface area contributed by atoms with Gasteiger partial charge in [0, 0.05) is 11.2 Å². The summed E-state index contributed by atoms with van der Waals surface area (Å²) in [7, 11) is 1.59. The Morgan fingerprint density at radius 2 is 2.16 bits per heavy atom. The Hall–Kier alpha value is -1.85. The van der Waals surface area contributed by atoms with Gasteiger partial charge in [-0.05, 0) is 30.3 Å². The molecular formula is C13H12ClN3OS. The fraction of sp³-hybridized carbons (Fsp3) is 0.0769. The molecule has 0 aliphatic carbocycles. The second kappa shape index (κ2) is 5.86. The van der Waals surface area contributed by atoms with Crippen LogP contribution in [0.3, 0.4) is 0 Å². The van der Waals surface area contributed by atoms with Crippen molar-refractivity contribution < 1.29 is 4.74 Å². The Labute approximate surface area is 121 Å². The van der Waals surface area contributed by atoms with Crippen LogP contribution in [0.5, 0.6) is 5.75 Å². The molecule has 19 heavy (non-hydrogen) atoms. The van der Waals surface area contributed by atoms with Crippen molar-refractivity contribution in [3.63, 3.8) is 0 Å². The third kappa shape index (κ3) is 3.13. The Bertz CT molecular complexity index is 619. The number of nitrogens with zero attached hydrogens (tertiary/aromatic N) is 1. The standard InChI is InChI=1S/C13H12ClN3OS/c1-18-11-5-4-8(14)7-10(11)17-9-3-2-6-16-12(9)13(15)19/h2-7,17H,1H3,(H2,15,19). The van der Waals surface area contributed by atoms with Crippen molar-refractivity contribution in [2.75, 3.05) is 12.4 Å². The molecule has 0 saturated carbocycles. The van der Waals surface area contributed by atoms with Gasteiger partial charge in [-0.1, -0.05) is 23.8 Å². The van der Waals surface area contributed by atoms with Crippen LogP contribution in [0, 0.1) is 0 Å². The lowest BCUT2D eigenvalue weighted by Crippen LogP contribution is -2.14. The first-order chi connectivity index (χ1) is 9.11. The van der Waals surface area contributed by atoms with E-state index in [1.165, 1.54) is 0 Å². The van der Waals surface area contributed by atoms with Crippen molar-refractivity contribution >= 4 is 40.2 Å². The monoisotopic (exact) mass is 293 g/mol. The van der Waals surface area contributed by atoms with E-state index < -0.39 is 0 Å². The molecule has 1 heterocycles. The first-order valence-corrected chi connectivity index (χ1v) is 6.26. The van der Waals surface area contributed by atoms with Gasteiger partial charge in [-0.15, -0.1) is 0 Å². The van der Waals surface area contributed by atoms with Crippen LogP contribution in [0.1, 0.15) is 5.69 Å². The topological polar surface area (TPSA) is 60.2 Å². The number of thiocarbonyl (C=S) groups is 1. The van der Waals surface area contributed by atoms with Crippen molar-refractivity contribution in [1.29, 1.82) is 0 Å². The predicted molar refractivity (Wildman–Crippen MR) is 81.4 cm³/mol. The molecule has 0 atom stereocenters. The van der Waals surface area contributed by atoms with Crippen LogP contribution >= 0.6 is 23.8 Å². The van der Waals surface area contributed by atoms with Gasteiger partial charge in [0.25, 0.3) is 0 Å². The number of hydrogen-bond acceptors (Lipinski definition) is 4. The number of rotatable bonds is 4. The number of nitrogens with one attached hydrogen (secondary N) is 1. The van der Waals surface area contributed by atoms with Crippen LogP contribution in [0.2, 0.25) is 5.02 Å². The van der Waals surface area contributed by atoms with Crippen LogP contribution in [0.15, 0.2) is 36.5 Å². The van der Waals surface area contributed by atoms with Gasteiger partial charge >= 0.3 is 0 Å². The smallest absolute Gasteiger partial charge is 0.142 e. The molecule has 0 amide bonds. The fourth-order valence-electron chi connectivity index (χ4n) is 1.63. The van der Waals surface area contributed by atoms with Gasteiger partial charge in [0.15, 0.2) is 0 Å². The van der Waals surface area contributed by atoms with E-state index >= 15 is 0 Å². The quantitative estimate of drug-likeness (QED) is 0.848. The van der Waals surface area contributed by atoms with Crippen molar-refractivity contribution in [3.05, 3.63) is 47.2 Å². The molecule has 0 bridgehead atoms. The van der Waals surface area contributed by atoms with Crippen molar-refractivity contribution in [2.24, 2.45) is 5.73 Å². The highest BCUT2D eigenvalue weighted by molar-refractivity contribution is 7.80. The minimum absolute atomic E-state index is 0.226. The van der Waals surface area contributed by atoms with Crippen LogP contribution in [0.4, 0.5) is 11.4 Å². The van der Waals surface area contributed by atoms with E-state index in [4.69, 9.17) is 34.3 Å². The molecule has 2 rings (SSSR count). The predicted octanol–water partition coefficient (Wildman–Crippen LogP) is 3.12. The van der Waals surface area contributed by atoms with Gasteiger partial charge in [0.05, 0.1) is 18.5 Å². The lowest BCUT2D eigenvalue weighted by molar-refractivity contribution is 0.417. The zero-order valence-electron chi connectivity index (χ0n) is 10.2. The number of benzene rings is 1. The summed E-state index contributed by atoms with van der Waals surface area (Å²) in [5.74, 6) is 0.669. The van der Waals surface area contributed by atoms with Gasteiger partial charge in [-0.3, -0.25) is 4.98 Å². The van der Waals surface area contributed by atoms with Crippen molar-refractivity contribution in [3.8, 4) is 5.75 Å². The lowest BCUT2D eigenvalue weighted by atomic mass is 10.2. The number of ether oxygens (including phenoxy) is 1. The summed E-state index contributed by atoms with van der Waals surface area (Å²) in [6.07, 6.45) is 1.63. The molecule has 4 nitrogen and oxygen atoms in total. The minimum atomic E-state index is 0.226. The molecule has 1 aromatic carbocycles. The first-order valence-electron chi connectivity index (χ1n) is 5.47. The number of aromatic nitrogens is 1. The second-order valence-electron chi connectivity index (χ2n) is 3.73. The average Bonchev–Trinajstić information content (AvgIpc) is 2.39. The first kappa shape index (κ1) is 13.6. The summed E-state index contributed by atoms with van der Waals surface area (Å²) in [5.41, 5.74) is 7.59. The summed E-state index contributed by atoms with van der Waals surface area (Å²) in [5, 5.41) is 3.78. The lowest BCUT2D eigenvalue weighted by Gasteiger charge is -2.13. The summed E-state index contributed by atoms with van der Waals surface area (Å²) < 4.78 is 5.27. The molecule has 0 fully saturated rings. The van der Waals surface area contributed by atoms with Gasteiger partial charge in [-0.2, -0.15) is 0 Å². The molecule has 0 radical (unpaired) electrons. The SMILES string of the molecule is COc1ccc(Cl)cc1Nc1cccnc1C(N)=S. The van der Waals surface area contributed by atoms with Crippen LogP contribution in [-0.2, 0) is 0 Å². The molecule has 3 N–H and O–H groups in total. The average molecular weight is 294 g/mol. The maximum atomic E-state index is 5.98. The molecular weight excluding hydrogens is 282 g/mol. The second-order valence-corrected chi connectivity index (χ2v) is 4.61. The molecule has 2 aromatic rings. The highest BCUT2D eigenvalue weighted by atomic mass is 35.5. The highest BCUT2D eigenvalue weighted by Crippen LogP contribution is 2.31. The number of pyridine rings is 1. The fourth-order valence-corrected chi connectivity index (χ4v) is 1.96. The summed E-state index contributed by atoms with van der Waals surface area (Å²) in [4.78, 5) is 4.38. The van der Waals surface area contributed by atoms with E-state index in [-0.39, 0.29) is 4.99 Å². The van der Waals surface area contributed by atoms with Crippen LogP contribution in [0.25, 0.3) is 0 Å². The van der Waals surface area contributed by atoms with E-state index in [1.807, 2.05) is 6.07 Å². The van der Waals surface area contributed by atoms with Crippen LogP contribution in [-0.4, -0.2) is 17.1 Å². The molecule has 1 aromatic heterocycles. The van der Waals surface area contributed by atoms with E-state index in [2.05, 4.69) is 10.3 Å². The highest BCUT2D eigenvalue weighted by Gasteiger charge is 2.09. The summed E-state index contributed by atoms with van der Waals surface area (Å²) in [6, 6.07) is 8.92. The maximum Gasteiger partial charge on any atom is 0.142 e. The number of anilines is 2. The number of halogens is 1. The molecule has 0 saturated heterocycles. The zero-order chi connectivity index (χ0) is 13.8. The number of methoxy groups -OCH3 is 1. The van der Waals surface area contributed by atoms with Crippen molar-refractivity contribution in [1.82, 2.24) is 4.98 Å². The summed E-state index contributed by atoms with van der Waals surface area (Å²) in [6.45, 7) is 0. The Balaban J connectivity index is 2.41. The summed E-state index contributed by atoms with van der Waals surface area (Å²) >= 11 is 11.0. The van der Waals surface area contributed by atoms with E-state index in [0.717, 1.165) is 5.69 Å². The molecule has 0 spiro atoms. The molecule has 0 unspecified atom stereocenters. The minimum Gasteiger partial charge on any atom is -0.495 e. The van der Waals surface area contributed by atoms with Gasteiger partial charge in [0.2, 0.25) is 0 Å². The van der Waals surface area contributed by atoms with Gasteiger partial charge < -0.3 is 15.8 Å². The molecule has 0 aliphatic rings. The van der Waals surface area contributed by atoms with E-state index in [1.54, 1.807) is 37.6 Å². The maximum absolute atomic E-state index is 5.98. The third-order valence-corrected chi connectivity index (χ3v) is 2.90. The Morgan fingerprint density at radius 1 is 1.37 bits per heavy atom. The molecule has 0 aliphatic heterocycles. The Kier molecular flexibility index (Phi) is 4.19. The van der Waals surface area contributed by atoms with Crippen molar-refractivity contribution in [2.45, 2.75) is 0 Å². The van der Waals surface area contributed by atoms with Gasteiger partial charge in [0.1, 0.15) is 16.4 Å². The van der Waals surface area contributed by atoms with Gasteiger partial charge in [-0.25, -0.2) is 0 Å². The van der Waals surface area contributed by atoms with E-state index in [9.17, 15) is 0 Å². The third-order valence-electron chi connectivity index (χ3n) is 2.47. The molecule has 6 heteroatoms. The van der Waals surface area contributed by atoms with E-state index in [0.29, 0.717) is 22.2 Å². The normalized spacial score (nSPS) is 10.0. The number of nitrogens with two attached hydrogens (primary N) is 1. The number of hydrogen-bond donors (Lipinski definition) is 2. The molecule has 98 valence electrons. The Morgan fingerprint density at radius 3 is 2.84 bits per heavy atom. The van der Waals surface area contributed by atoms with Crippen LogP contribution < -0.4 is 15.8 Å². The zero-order valence-corrected chi connectivity index (χ0v) is 11.8. The largest absolute Gasteiger partial charge is 0.495 e.